The van der Waals surface area contributed by atoms with Crippen LogP contribution in [0.1, 0.15) is 23.5 Å². The number of hydrogen-bond acceptors (Lipinski definition) is 1. The van der Waals surface area contributed by atoms with Crippen LogP contribution in [0.15, 0.2) is 200 Å². The van der Waals surface area contributed by atoms with Crippen LogP contribution >= 0.6 is 0 Å². The van der Waals surface area contributed by atoms with Gasteiger partial charge in [-0.3, -0.25) is 0 Å². The first-order valence-corrected chi connectivity index (χ1v) is 17.4. The van der Waals surface area contributed by atoms with Crippen molar-refractivity contribution < 1.29 is 0 Å². The highest BCUT2D eigenvalue weighted by atomic mass is 15.1. The van der Waals surface area contributed by atoms with Gasteiger partial charge < -0.3 is 9.47 Å². The van der Waals surface area contributed by atoms with E-state index in [0.29, 0.717) is 5.92 Å². The molecule has 0 bridgehead atoms. The van der Waals surface area contributed by atoms with Gasteiger partial charge in [0.25, 0.3) is 0 Å². The average molecular weight is 641 g/mol. The molecule has 2 heteroatoms. The van der Waals surface area contributed by atoms with Crippen LogP contribution in [0.5, 0.6) is 0 Å². The number of allylic oxidation sites excluding steroid dienone is 4. The normalized spacial score (nSPS) is 14.2. The standard InChI is InChI=1S/C48H36N2/c1-5-13-35(14-6-1)36-21-23-37(24-22-36)38-25-27-39(28-26-38)40-29-32-47-46(33-40)45-31-30-44(34-48(45)50(47)43-19-11-4-12-20-43)49(41-15-7-2-8-16-41)42-17-9-3-10-18-42/h1-21,23-34,36H,22H2. The topological polar surface area (TPSA) is 8.17 Å². The lowest BCUT2D eigenvalue weighted by atomic mass is 9.88. The highest BCUT2D eigenvalue weighted by molar-refractivity contribution is 6.11. The second-order valence-corrected chi connectivity index (χ2v) is 13.0. The summed E-state index contributed by atoms with van der Waals surface area (Å²) in [6.45, 7) is 0. The van der Waals surface area contributed by atoms with E-state index in [1.54, 1.807) is 0 Å². The van der Waals surface area contributed by atoms with Gasteiger partial charge in [-0.2, -0.15) is 0 Å². The molecular weight excluding hydrogens is 605 g/mol. The van der Waals surface area contributed by atoms with Crippen molar-refractivity contribution in [3.8, 4) is 16.8 Å². The summed E-state index contributed by atoms with van der Waals surface area (Å²) in [6.07, 6.45) is 8.03. The summed E-state index contributed by atoms with van der Waals surface area (Å²) in [6, 6.07) is 65.6. The Kier molecular flexibility index (Phi) is 7.68. The van der Waals surface area contributed by atoms with Crippen molar-refractivity contribution in [1.29, 1.82) is 0 Å². The second kappa shape index (κ2) is 12.9. The zero-order chi connectivity index (χ0) is 33.3. The van der Waals surface area contributed by atoms with Crippen LogP contribution in [0, 0.1) is 0 Å². The molecule has 8 aromatic rings. The Hall–Kier alpha value is -6.38. The summed E-state index contributed by atoms with van der Waals surface area (Å²) in [5.74, 6) is 0.444. The van der Waals surface area contributed by atoms with Gasteiger partial charge in [0, 0.05) is 39.4 Å². The van der Waals surface area contributed by atoms with E-state index in [4.69, 9.17) is 0 Å². The zero-order valence-corrected chi connectivity index (χ0v) is 27.7. The van der Waals surface area contributed by atoms with E-state index in [1.807, 2.05) is 0 Å². The first kappa shape index (κ1) is 29.7. The molecule has 0 fully saturated rings. The fraction of sp³-hybridized carbons (Fsp3) is 0.0417. The molecule has 7 aromatic carbocycles. The zero-order valence-electron chi connectivity index (χ0n) is 27.7. The molecule has 0 saturated carbocycles. The van der Waals surface area contributed by atoms with Crippen LogP contribution < -0.4 is 4.90 Å². The van der Waals surface area contributed by atoms with Gasteiger partial charge in [0.1, 0.15) is 0 Å². The van der Waals surface area contributed by atoms with E-state index in [-0.39, 0.29) is 0 Å². The van der Waals surface area contributed by atoms with E-state index in [9.17, 15) is 0 Å². The number of benzene rings is 7. The van der Waals surface area contributed by atoms with Crippen molar-refractivity contribution >= 4 is 44.4 Å². The maximum atomic E-state index is 2.40. The van der Waals surface area contributed by atoms with Crippen LogP contribution in [0.2, 0.25) is 0 Å². The van der Waals surface area contributed by atoms with Crippen LogP contribution in [0.25, 0.3) is 44.2 Å². The molecule has 0 spiro atoms. The third-order valence-electron chi connectivity index (χ3n) is 9.93. The van der Waals surface area contributed by atoms with Crippen LogP contribution in [-0.4, -0.2) is 4.57 Å². The number of anilines is 3. The largest absolute Gasteiger partial charge is 0.310 e. The van der Waals surface area contributed by atoms with Gasteiger partial charge in [-0.25, -0.2) is 0 Å². The third-order valence-corrected chi connectivity index (χ3v) is 9.93. The van der Waals surface area contributed by atoms with E-state index >= 15 is 0 Å². The Morgan fingerprint density at radius 3 is 1.70 bits per heavy atom. The van der Waals surface area contributed by atoms with E-state index in [2.05, 4.69) is 210 Å². The molecule has 0 saturated heterocycles. The van der Waals surface area contributed by atoms with Gasteiger partial charge in [0.15, 0.2) is 0 Å². The molecule has 0 radical (unpaired) electrons. The van der Waals surface area contributed by atoms with Gasteiger partial charge in [-0.05, 0) is 94.9 Å². The summed E-state index contributed by atoms with van der Waals surface area (Å²) in [5.41, 5.74) is 13.2. The molecule has 50 heavy (non-hydrogen) atoms. The molecule has 1 atom stereocenters. The second-order valence-electron chi connectivity index (χ2n) is 13.0. The smallest absolute Gasteiger partial charge is 0.0561 e. The minimum absolute atomic E-state index is 0.444. The molecule has 0 aliphatic heterocycles. The SMILES string of the molecule is C1=CC(c2ccccc2)CC=C1c1ccc(-c2ccc3c(c2)c2ccc(N(c4ccccc4)c4ccccc4)cc2n3-c2ccccc2)cc1. The summed E-state index contributed by atoms with van der Waals surface area (Å²) in [7, 11) is 0. The van der Waals surface area contributed by atoms with Gasteiger partial charge in [-0.15, -0.1) is 0 Å². The third kappa shape index (κ3) is 5.51. The number of fused-ring (bicyclic) bond motifs is 3. The lowest BCUT2D eigenvalue weighted by Gasteiger charge is -2.25. The first-order chi connectivity index (χ1) is 24.8. The fourth-order valence-corrected chi connectivity index (χ4v) is 7.42. The maximum Gasteiger partial charge on any atom is 0.0561 e. The van der Waals surface area contributed by atoms with E-state index < -0.39 is 0 Å². The predicted octanol–water partition coefficient (Wildman–Crippen LogP) is 13.0. The van der Waals surface area contributed by atoms with Crippen molar-refractivity contribution in [2.75, 3.05) is 4.90 Å². The van der Waals surface area contributed by atoms with E-state index in [1.165, 1.54) is 49.6 Å². The molecular formula is C48H36N2. The van der Waals surface area contributed by atoms with Gasteiger partial charge >= 0.3 is 0 Å². The summed E-state index contributed by atoms with van der Waals surface area (Å²) in [5, 5.41) is 2.48. The predicted molar refractivity (Wildman–Crippen MR) is 212 cm³/mol. The highest BCUT2D eigenvalue weighted by Gasteiger charge is 2.18. The summed E-state index contributed by atoms with van der Waals surface area (Å²) >= 11 is 0. The Morgan fingerprint density at radius 1 is 0.460 bits per heavy atom. The van der Waals surface area contributed by atoms with E-state index in [0.717, 1.165) is 29.2 Å². The average Bonchev–Trinajstić information content (AvgIpc) is 3.53. The lowest BCUT2D eigenvalue weighted by molar-refractivity contribution is 0.856. The number of nitrogens with zero attached hydrogens (tertiary/aromatic N) is 2. The monoisotopic (exact) mass is 640 g/mol. The van der Waals surface area contributed by atoms with Crippen molar-refractivity contribution in [2.45, 2.75) is 12.3 Å². The number of aromatic nitrogens is 1. The minimum atomic E-state index is 0.444. The molecule has 2 nitrogen and oxygen atoms in total. The Morgan fingerprint density at radius 2 is 1.06 bits per heavy atom. The van der Waals surface area contributed by atoms with Crippen LogP contribution in [0.3, 0.4) is 0 Å². The number of para-hydroxylation sites is 3. The quantitative estimate of drug-likeness (QED) is 0.168. The molecule has 238 valence electrons. The Balaban J connectivity index is 1.11. The Labute approximate surface area is 293 Å². The van der Waals surface area contributed by atoms with Crippen molar-refractivity contribution in [3.63, 3.8) is 0 Å². The molecule has 9 rings (SSSR count). The van der Waals surface area contributed by atoms with Crippen molar-refractivity contribution in [3.05, 3.63) is 211 Å². The lowest BCUT2D eigenvalue weighted by Crippen LogP contribution is -2.09. The maximum absolute atomic E-state index is 2.40. The highest BCUT2D eigenvalue weighted by Crippen LogP contribution is 2.40. The van der Waals surface area contributed by atoms with Gasteiger partial charge in [-0.1, -0.05) is 140 Å². The number of hydrogen-bond donors (Lipinski definition) is 0. The molecule has 0 N–H and O–H groups in total. The number of rotatable bonds is 7. The molecule has 0 amide bonds. The fourth-order valence-electron chi connectivity index (χ4n) is 7.42. The first-order valence-electron chi connectivity index (χ1n) is 17.4. The van der Waals surface area contributed by atoms with Crippen molar-refractivity contribution in [1.82, 2.24) is 4.57 Å². The van der Waals surface area contributed by atoms with Gasteiger partial charge in [0.05, 0.1) is 11.0 Å². The van der Waals surface area contributed by atoms with Crippen LogP contribution in [0.4, 0.5) is 17.1 Å². The summed E-state index contributed by atoms with van der Waals surface area (Å²) in [4.78, 5) is 2.33. The molecule has 1 heterocycles. The molecule has 1 unspecified atom stereocenters. The van der Waals surface area contributed by atoms with Crippen molar-refractivity contribution in [2.24, 2.45) is 0 Å². The minimum Gasteiger partial charge on any atom is -0.310 e. The molecule has 1 aliphatic carbocycles. The van der Waals surface area contributed by atoms with Gasteiger partial charge in [0.2, 0.25) is 0 Å². The summed E-state index contributed by atoms with van der Waals surface area (Å²) < 4.78 is 2.40. The molecule has 1 aromatic heterocycles. The van der Waals surface area contributed by atoms with Crippen LogP contribution in [-0.2, 0) is 0 Å². The molecule has 1 aliphatic rings. The Bertz CT molecular complexity index is 2430.